The molecule has 1 aliphatic heterocycles. The van der Waals surface area contributed by atoms with Gasteiger partial charge in [0.15, 0.2) is 5.82 Å². The van der Waals surface area contributed by atoms with E-state index < -0.39 is 0 Å². The molecule has 6 nitrogen and oxygen atoms in total. The average Bonchev–Trinajstić information content (AvgIpc) is 2.96. The first-order valence-corrected chi connectivity index (χ1v) is 7.73. The summed E-state index contributed by atoms with van der Waals surface area (Å²) < 4.78 is 0. The molecule has 1 aromatic heterocycles. The highest BCUT2D eigenvalue weighted by molar-refractivity contribution is 6.33. The van der Waals surface area contributed by atoms with Gasteiger partial charge in [-0.2, -0.15) is 4.98 Å². The maximum Gasteiger partial charge on any atom is 0.249 e. The van der Waals surface area contributed by atoms with Gasteiger partial charge in [-0.05, 0) is 38.4 Å². The van der Waals surface area contributed by atoms with Gasteiger partial charge in [0.1, 0.15) is 0 Å². The van der Waals surface area contributed by atoms with Crippen molar-refractivity contribution in [3.05, 3.63) is 29.3 Å². The van der Waals surface area contributed by atoms with Crippen LogP contribution >= 0.6 is 11.6 Å². The number of aromatic amines is 1. The van der Waals surface area contributed by atoms with E-state index in [1.807, 2.05) is 18.2 Å². The largest absolute Gasteiger partial charge is 0.314 e. The Morgan fingerprint density at radius 3 is 3.00 bits per heavy atom. The number of H-pyrrole nitrogens is 1. The molecular weight excluding hydrogens is 302 g/mol. The highest BCUT2D eigenvalue weighted by Gasteiger charge is 2.25. The van der Waals surface area contributed by atoms with Crippen LogP contribution in [0.5, 0.6) is 0 Å². The first-order chi connectivity index (χ1) is 10.6. The predicted octanol–water partition coefficient (Wildman–Crippen LogP) is 2.45. The van der Waals surface area contributed by atoms with Crippen LogP contribution in [0.2, 0.25) is 5.02 Å². The maximum atomic E-state index is 12.3. The molecule has 0 bridgehead atoms. The summed E-state index contributed by atoms with van der Waals surface area (Å²) in [7, 11) is 0. The fourth-order valence-electron chi connectivity index (χ4n) is 2.67. The second-order valence-electron chi connectivity index (χ2n) is 5.55. The van der Waals surface area contributed by atoms with Gasteiger partial charge in [0.05, 0.1) is 5.02 Å². The number of amides is 1. The Morgan fingerprint density at radius 2 is 2.23 bits per heavy atom. The topological polar surface area (TPSA) is 82.7 Å². The molecule has 7 heteroatoms. The molecule has 0 spiro atoms. The van der Waals surface area contributed by atoms with Crippen molar-refractivity contribution in [2.24, 2.45) is 5.92 Å². The summed E-state index contributed by atoms with van der Waals surface area (Å²) in [4.78, 5) is 16.6. The molecule has 22 heavy (non-hydrogen) atoms. The Balaban J connectivity index is 1.69. The molecule has 1 aromatic carbocycles. The second kappa shape index (κ2) is 6.46. The van der Waals surface area contributed by atoms with Crippen molar-refractivity contribution < 1.29 is 4.79 Å². The Kier molecular flexibility index (Phi) is 4.40. The van der Waals surface area contributed by atoms with Gasteiger partial charge in [-0.3, -0.25) is 15.2 Å². The fraction of sp³-hybridized carbons (Fsp3) is 0.400. The van der Waals surface area contributed by atoms with Crippen molar-refractivity contribution in [2.45, 2.75) is 25.8 Å². The molecule has 0 unspecified atom stereocenters. The van der Waals surface area contributed by atoms with Crippen LogP contribution in [-0.2, 0) is 4.79 Å². The van der Waals surface area contributed by atoms with Crippen LogP contribution in [0, 0.1) is 5.92 Å². The lowest BCUT2D eigenvalue weighted by Gasteiger charge is -2.26. The minimum absolute atomic E-state index is 0.00138. The molecule has 2 atom stereocenters. The minimum Gasteiger partial charge on any atom is -0.314 e. The van der Waals surface area contributed by atoms with Gasteiger partial charge < -0.3 is 5.32 Å². The summed E-state index contributed by atoms with van der Waals surface area (Å²) in [6.07, 6.45) is 1.66. The van der Waals surface area contributed by atoms with Gasteiger partial charge in [-0.25, -0.2) is 0 Å². The number of hydrogen-bond acceptors (Lipinski definition) is 4. The van der Waals surface area contributed by atoms with Crippen LogP contribution in [0.25, 0.3) is 11.4 Å². The summed E-state index contributed by atoms with van der Waals surface area (Å²) in [5.41, 5.74) is 0.757. The molecule has 116 valence electrons. The van der Waals surface area contributed by atoms with E-state index in [4.69, 9.17) is 11.6 Å². The molecule has 2 heterocycles. The second-order valence-corrected chi connectivity index (χ2v) is 5.96. The smallest absolute Gasteiger partial charge is 0.249 e. The quantitative estimate of drug-likeness (QED) is 0.811. The monoisotopic (exact) mass is 319 g/mol. The number of aromatic nitrogens is 3. The van der Waals surface area contributed by atoms with Gasteiger partial charge >= 0.3 is 0 Å². The maximum absolute atomic E-state index is 12.3. The number of hydrogen-bond donors (Lipinski definition) is 3. The van der Waals surface area contributed by atoms with Crippen molar-refractivity contribution in [3.8, 4) is 11.4 Å². The molecule has 0 radical (unpaired) electrons. The number of carbonyl (C=O) groups excluding carboxylic acids is 1. The molecule has 1 fully saturated rings. The predicted molar refractivity (Wildman–Crippen MR) is 85.6 cm³/mol. The molecule has 0 aliphatic carbocycles. The normalized spacial score (nSPS) is 21.5. The number of carbonyl (C=O) groups is 1. The van der Waals surface area contributed by atoms with Crippen LogP contribution in [0.15, 0.2) is 24.3 Å². The third kappa shape index (κ3) is 3.28. The van der Waals surface area contributed by atoms with Crippen LogP contribution in [0.1, 0.15) is 19.8 Å². The summed E-state index contributed by atoms with van der Waals surface area (Å²) in [6, 6.07) is 7.72. The lowest BCUT2D eigenvalue weighted by atomic mass is 9.92. The van der Waals surface area contributed by atoms with Crippen LogP contribution < -0.4 is 10.6 Å². The number of nitrogens with one attached hydrogen (secondary N) is 3. The highest BCUT2D eigenvalue weighted by Crippen LogP contribution is 2.25. The van der Waals surface area contributed by atoms with E-state index in [9.17, 15) is 4.79 Å². The standard InChI is InChI=1S/C15H18ClN5O/c1-9-8-10(6-7-17-9)14(22)19-15-18-13(20-21-15)11-4-2-3-5-12(11)16/h2-5,9-10,17H,6-8H2,1H3,(H2,18,19,20,21,22)/t9-,10-/m0/s1. The third-order valence-electron chi connectivity index (χ3n) is 3.84. The van der Waals surface area contributed by atoms with Gasteiger partial charge in [-0.15, -0.1) is 5.10 Å². The van der Waals surface area contributed by atoms with E-state index >= 15 is 0 Å². The minimum atomic E-state index is -0.0296. The van der Waals surface area contributed by atoms with Gasteiger partial charge in [0, 0.05) is 17.5 Å². The Morgan fingerprint density at radius 1 is 1.41 bits per heavy atom. The van der Waals surface area contributed by atoms with E-state index in [2.05, 4.69) is 32.7 Å². The molecular formula is C15H18ClN5O. The number of anilines is 1. The van der Waals surface area contributed by atoms with Crippen molar-refractivity contribution >= 4 is 23.5 Å². The summed E-state index contributed by atoms with van der Waals surface area (Å²) in [6.45, 7) is 2.94. The van der Waals surface area contributed by atoms with Crippen LogP contribution in [0.3, 0.4) is 0 Å². The van der Waals surface area contributed by atoms with Gasteiger partial charge in [0.25, 0.3) is 0 Å². The molecule has 1 saturated heterocycles. The van der Waals surface area contributed by atoms with Gasteiger partial charge in [0.2, 0.25) is 11.9 Å². The zero-order valence-corrected chi connectivity index (χ0v) is 13.0. The number of benzene rings is 1. The summed E-state index contributed by atoms with van der Waals surface area (Å²) >= 11 is 6.13. The average molecular weight is 320 g/mol. The van der Waals surface area contributed by atoms with E-state index in [0.29, 0.717) is 16.9 Å². The number of piperidine rings is 1. The Hall–Kier alpha value is -1.92. The molecule has 1 aliphatic rings. The van der Waals surface area contributed by atoms with E-state index in [0.717, 1.165) is 24.9 Å². The van der Waals surface area contributed by atoms with Crippen molar-refractivity contribution in [2.75, 3.05) is 11.9 Å². The van der Waals surface area contributed by atoms with Crippen molar-refractivity contribution in [3.63, 3.8) is 0 Å². The molecule has 2 aromatic rings. The molecule has 1 amide bonds. The Labute approximate surface area is 133 Å². The van der Waals surface area contributed by atoms with E-state index in [-0.39, 0.29) is 17.8 Å². The number of halogens is 1. The SMILES string of the molecule is C[C@H]1C[C@@H](C(=O)Nc2n[nH]c(-c3ccccc3Cl)n2)CCN1. The number of nitrogens with zero attached hydrogens (tertiary/aromatic N) is 2. The zero-order valence-electron chi connectivity index (χ0n) is 12.3. The van der Waals surface area contributed by atoms with Crippen molar-refractivity contribution in [1.82, 2.24) is 20.5 Å². The van der Waals surface area contributed by atoms with Crippen molar-refractivity contribution in [1.29, 1.82) is 0 Å². The lowest BCUT2D eigenvalue weighted by Crippen LogP contribution is -2.40. The van der Waals surface area contributed by atoms with E-state index in [1.54, 1.807) is 6.07 Å². The molecule has 3 N–H and O–H groups in total. The lowest BCUT2D eigenvalue weighted by molar-refractivity contribution is -0.120. The highest BCUT2D eigenvalue weighted by atomic mass is 35.5. The molecule has 3 rings (SSSR count). The first-order valence-electron chi connectivity index (χ1n) is 7.35. The summed E-state index contributed by atoms with van der Waals surface area (Å²) in [5, 5.41) is 13.5. The van der Waals surface area contributed by atoms with Crippen LogP contribution in [-0.4, -0.2) is 33.7 Å². The Bertz CT molecular complexity index is 671. The number of rotatable bonds is 3. The first kappa shape index (κ1) is 15.0. The zero-order chi connectivity index (χ0) is 15.5. The fourth-order valence-corrected chi connectivity index (χ4v) is 2.90. The molecule has 0 saturated carbocycles. The van der Waals surface area contributed by atoms with E-state index in [1.165, 1.54) is 0 Å². The summed E-state index contributed by atoms with van der Waals surface area (Å²) in [5.74, 6) is 0.794. The van der Waals surface area contributed by atoms with Crippen LogP contribution in [0.4, 0.5) is 5.95 Å². The third-order valence-corrected chi connectivity index (χ3v) is 4.17. The van der Waals surface area contributed by atoms with Gasteiger partial charge in [-0.1, -0.05) is 23.7 Å².